The molecule has 33 heavy (non-hydrogen) atoms. The zero-order valence-corrected chi connectivity index (χ0v) is 18.2. The third-order valence-corrected chi connectivity index (χ3v) is 4.84. The summed E-state index contributed by atoms with van der Waals surface area (Å²) in [5, 5.41) is 20.7. The number of halogens is 1. The number of hydrogen-bond donors (Lipinski definition) is 4. The van der Waals surface area contributed by atoms with Crippen molar-refractivity contribution in [1.82, 2.24) is 10.5 Å². The molecule has 3 aromatic rings. The van der Waals surface area contributed by atoms with E-state index in [0.29, 0.717) is 22.6 Å². The Morgan fingerprint density at radius 3 is 2.36 bits per heavy atom. The fourth-order valence-corrected chi connectivity index (χ4v) is 2.98. The number of nitrogens with one attached hydrogen (secondary N) is 3. The monoisotopic (exact) mass is 454 g/mol. The lowest BCUT2D eigenvalue weighted by Gasteiger charge is -2.16. The van der Waals surface area contributed by atoms with Crippen LogP contribution in [0.4, 0.5) is 20.6 Å². The number of carboxylic acid groups (broad SMARTS) is 1. The lowest BCUT2D eigenvalue weighted by molar-refractivity contribution is -0.140. The number of carbonyl (C=O) groups is 3. The maximum atomic E-state index is 13.4. The van der Waals surface area contributed by atoms with Crippen LogP contribution in [0.15, 0.2) is 53.1 Å². The molecular formula is C23H23FN4O5. The molecule has 0 aliphatic heterocycles. The first-order valence-corrected chi connectivity index (χ1v) is 10.1. The van der Waals surface area contributed by atoms with Crippen molar-refractivity contribution in [3.05, 3.63) is 65.7 Å². The van der Waals surface area contributed by atoms with E-state index in [9.17, 15) is 23.9 Å². The van der Waals surface area contributed by atoms with Gasteiger partial charge in [-0.2, -0.15) is 0 Å². The topological polar surface area (TPSA) is 134 Å². The number of hydrogen-bond acceptors (Lipinski definition) is 5. The van der Waals surface area contributed by atoms with E-state index in [0.717, 1.165) is 5.56 Å². The standard InChI is InChI=1S/C23H23FN4O5/c1-12(2)20(22(30)31)27-21(29)19-11-18(28-33-19)14-5-8-16(9-6-14)25-23(32)26-17-10-15(24)7-4-13(17)3/h4-12,20H,1-3H3,(H,27,29)(H,30,31)(H2,25,26,32). The van der Waals surface area contributed by atoms with Crippen LogP contribution in [0.5, 0.6) is 0 Å². The molecule has 10 heteroatoms. The van der Waals surface area contributed by atoms with Crippen LogP contribution >= 0.6 is 0 Å². The van der Waals surface area contributed by atoms with Crippen molar-refractivity contribution in [2.45, 2.75) is 26.8 Å². The molecule has 3 amide bonds. The van der Waals surface area contributed by atoms with E-state index in [4.69, 9.17) is 4.52 Å². The van der Waals surface area contributed by atoms with Crippen LogP contribution in [-0.4, -0.2) is 34.2 Å². The number of aromatic nitrogens is 1. The number of rotatable bonds is 7. The molecule has 0 aliphatic rings. The second-order valence-corrected chi connectivity index (χ2v) is 7.73. The summed E-state index contributed by atoms with van der Waals surface area (Å²) in [6, 6.07) is 10.5. The number of carbonyl (C=O) groups excluding carboxylic acids is 2. The second kappa shape index (κ2) is 9.94. The summed E-state index contributed by atoms with van der Waals surface area (Å²) in [4.78, 5) is 35.8. The predicted molar refractivity (Wildman–Crippen MR) is 119 cm³/mol. The number of aliphatic carboxylic acids is 1. The SMILES string of the molecule is Cc1ccc(F)cc1NC(=O)Nc1ccc(-c2cc(C(=O)NC(C(=O)O)C(C)C)on2)cc1. The molecule has 172 valence electrons. The van der Waals surface area contributed by atoms with E-state index >= 15 is 0 Å². The van der Waals surface area contributed by atoms with Crippen LogP contribution in [0.3, 0.4) is 0 Å². The van der Waals surface area contributed by atoms with E-state index in [-0.39, 0.29) is 11.7 Å². The third kappa shape index (κ3) is 5.94. The number of amides is 3. The Kier molecular flexibility index (Phi) is 7.07. The molecule has 1 unspecified atom stereocenters. The van der Waals surface area contributed by atoms with Crippen LogP contribution < -0.4 is 16.0 Å². The van der Waals surface area contributed by atoms with Crippen molar-refractivity contribution < 1.29 is 28.4 Å². The highest BCUT2D eigenvalue weighted by Crippen LogP contribution is 2.22. The fraction of sp³-hybridized carbons (Fsp3) is 0.217. The summed E-state index contributed by atoms with van der Waals surface area (Å²) >= 11 is 0. The molecule has 1 aromatic heterocycles. The molecule has 4 N–H and O–H groups in total. The van der Waals surface area contributed by atoms with Gasteiger partial charge in [0.15, 0.2) is 0 Å². The van der Waals surface area contributed by atoms with Crippen LogP contribution in [0.1, 0.15) is 30.0 Å². The van der Waals surface area contributed by atoms with Gasteiger partial charge >= 0.3 is 12.0 Å². The maximum Gasteiger partial charge on any atom is 0.326 e. The average Bonchev–Trinajstić information content (AvgIpc) is 3.25. The highest BCUT2D eigenvalue weighted by atomic mass is 19.1. The van der Waals surface area contributed by atoms with Crippen LogP contribution in [-0.2, 0) is 4.79 Å². The van der Waals surface area contributed by atoms with E-state index < -0.39 is 29.8 Å². The highest BCUT2D eigenvalue weighted by Gasteiger charge is 2.25. The molecule has 0 saturated heterocycles. The quantitative estimate of drug-likeness (QED) is 0.421. The van der Waals surface area contributed by atoms with Crippen LogP contribution in [0, 0.1) is 18.7 Å². The largest absolute Gasteiger partial charge is 0.480 e. The smallest absolute Gasteiger partial charge is 0.326 e. The van der Waals surface area contributed by atoms with Crippen LogP contribution in [0.25, 0.3) is 11.3 Å². The van der Waals surface area contributed by atoms with Gasteiger partial charge in [0.05, 0.1) is 0 Å². The summed E-state index contributed by atoms with van der Waals surface area (Å²) in [6.07, 6.45) is 0. The summed E-state index contributed by atoms with van der Waals surface area (Å²) < 4.78 is 18.4. The van der Waals surface area contributed by atoms with E-state index in [2.05, 4.69) is 21.1 Å². The zero-order chi connectivity index (χ0) is 24.1. The lowest BCUT2D eigenvalue weighted by Crippen LogP contribution is -2.44. The first kappa shape index (κ1) is 23.5. The molecule has 0 fully saturated rings. The van der Waals surface area contributed by atoms with Gasteiger partial charge in [0.25, 0.3) is 5.91 Å². The summed E-state index contributed by atoms with van der Waals surface area (Å²) in [7, 11) is 0. The number of benzene rings is 2. The molecule has 0 saturated carbocycles. The van der Waals surface area contributed by atoms with Gasteiger partial charge in [-0.3, -0.25) is 4.79 Å². The zero-order valence-electron chi connectivity index (χ0n) is 18.2. The number of carboxylic acids is 1. The Morgan fingerprint density at radius 1 is 1.03 bits per heavy atom. The van der Waals surface area contributed by atoms with Gasteiger partial charge in [0, 0.05) is 23.0 Å². The second-order valence-electron chi connectivity index (χ2n) is 7.73. The number of aryl methyl sites for hydroxylation is 1. The highest BCUT2D eigenvalue weighted by molar-refractivity contribution is 6.00. The van der Waals surface area contributed by atoms with Gasteiger partial charge in [-0.25, -0.2) is 14.0 Å². The van der Waals surface area contributed by atoms with Crippen molar-refractivity contribution in [3.8, 4) is 11.3 Å². The molecule has 3 rings (SSSR count). The van der Waals surface area contributed by atoms with Crippen molar-refractivity contribution in [2.24, 2.45) is 5.92 Å². The van der Waals surface area contributed by atoms with Crippen molar-refractivity contribution in [2.75, 3.05) is 10.6 Å². The minimum atomic E-state index is -1.14. The molecule has 0 spiro atoms. The Bertz CT molecular complexity index is 1170. The first-order valence-electron chi connectivity index (χ1n) is 10.1. The third-order valence-electron chi connectivity index (χ3n) is 4.84. The van der Waals surface area contributed by atoms with Gasteiger partial charge in [-0.15, -0.1) is 0 Å². The van der Waals surface area contributed by atoms with Crippen LogP contribution in [0.2, 0.25) is 0 Å². The van der Waals surface area contributed by atoms with E-state index in [1.807, 2.05) is 0 Å². The van der Waals surface area contributed by atoms with E-state index in [1.165, 1.54) is 18.2 Å². The molecule has 1 atom stereocenters. The number of anilines is 2. The molecular weight excluding hydrogens is 431 g/mol. The molecule has 9 nitrogen and oxygen atoms in total. The molecule has 0 radical (unpaired) electrons. The fourth-order valence-electron chi connectivity index (χ4n) is 2.98. The number of urea groups is 1. The van der Waals surface area contributed by atoms with E-state index in [1.54, 1.807) is 51.1 Å². The van der Waals surface area contributed by atoms with Gasteiger partial charge in [0.2, 0.25) is 5.76 Å². The van der Waals surface area contributed by atoms with Crippen molar-refractivity contribution >= 4 is 29.3 Å². The summed E-state index contributed by atoms with van der Waals surface area (Å²) in [5.74, 6) is -2.71. The Labute approximate surface area is 189 Å². The van der Waals surface area contributed by atoms with Crippen molar-refractivity contribution in [1.29, 1.82) is 0 Å². The van der Waals surface area contributed by atoms with Gasteiger partial charge in [0.1, 0.15) is 17.6 Å². The maximum absolute atomic E-state index is 13.4. The Morgan fingerprint density at radius 2 is 1.73 bits per heavy atom. The average molecular weight is 454 g/mol. The minimum Gasteiger partial charge on any atom is -0.480 e. The number of nitrogens with zero attached hydrogens (tertiary/aromatic N) is 1. The van der Waals surface area contributed by atoms with Gasteiger partial charge in [-0.05, 0) is 42.7 Å². The Hall–Kier alpha value is -4.21. The first-order chi connectivity index (χ1) is 15.6. The lowest BCUT2D eigenvalue weighted by atomic mass is 10.0. The summed E-state index contributed by atoms with van der Waals surface area (Å²) in [6.45, 7) is 5.11. The van der Waals surface area contributed by atoms with Crippen molar-refractivity contribution in [3.63, 3.8) is 0 Å². The molecule has 1 heterocycles. The molecule has 0 bridgehead atoms. The minimum absolute atomic E-state index is 0.121. The Balaban J connectivity index is 1.64. The van der Waals surface area contributed by atoms with Gasteiger partial charge < -0.3 is 25.6 Å². The molecule has 0 aliphatic carbocycles. The normalized spacial score (nSPS) is 11.7. The molecule has 2 aromatic carbocycles. The van der Waals surface area contributed by atoms with Gasteiger partial charge in [-0.1, -0.05) is 37.2 Å². The summed E-state index contributed by atoms with van der Waals surface area (Å²) in [5.41, 5.74) is 2.54. The predicted octanol–water partition coefficient (Wildman–Crippen LogP) is 4.27.